The number of carbonyl (C=O) groups excluding carboxylic acids is 1. The summed E-state index contributed by atoms with van der Waals surface area (Å²) >= 11 is 0. The molecule has 29 heavy (non-hydrogen) atoms. The molecule has 0 bridgehead atoms. The third-order valence-corrected chi connectivity index (χ3v) is 5.76. The minimum atomic E-state index is 0.0950. The third-order valence-electron chi connectivity index (χ3n) is 5.76. The molecule has 0 aliphatic carbocycles. The molecule has 1 atom stereocenters. The van der Waals surface area contributed by atoms with Gasteiger partial charge in [-0.05, 0) is 31.2 Å². The molecule has 6 heteroatoms. The molecule has 1 saturated heterocycles. The minimum Gasteiger partial charge on any atom is -0.369 e. The standard InChI is InChI=1S/C23H29N5O/c1-19(26-13-15-27(16-14-26)20-7-3-2-4-8-20)17-24-23(29)11-12-28-18-25-21-9-5-6-10-22(21)28/h2-10,18-19H,11-17H2,1H3,(H,24,29). The first kappa shape index (κ1) is 19.5. The van der Waals surface area contributed by atoms with Crippen LogP contribution in [0.1, 0.15) is 13.3 Å². The van der Waals surface area contributed by atoms with Crippen molar-refractivity contribution < 1.29 is 4.79 Å². The summed E-state index contributed by atoms with van der Waals surface area (Å²) in [6, 6.07) is 18.9. The summed E-state index contributed by atoms with van der Waals surface area (Å²) in [5.41, 5.74) is 3.33. The number of aromatic nitrogens is 2. The quantitative estimate of drug-likeness (QED) is 0.673. The molecule has 1 aromatic heterocycles. The van der Waals surface area contributed by atoms with Crippen LogP contribution in [0.5, 0.6) is 0 Å². The van der Waals surface area contributed by atoms with Crippen LogP contribution in [-0.4, -0.2) is 59.1 Å². The lowest BCUT2D eigenvalue weighted by Crippen LogP contribution is -2.52. The van der Waals surface area contributed by atoms with E-state index in [0.29, 0.717) is 25.6 Å². The van der Waals surface area contributed by atoms with E-state index in [1.54, 1.807) is 0 Å². The second-order valence-electron chi connectivity index (χ2n) is 7.69. The number of nitrogens with one attached hydrogen (secondary N) is 1. The van der Waals surface area contributed by atoms with Gasteiger partial charge in [0.25, 0.3) is 0 Å². The van der Waals surface area contributed by atoms with Crippen molar-refractivity contribution in [1.29, 1.82) is 0 Å². The fourth-order valence-corrected chi connectivity index (χ4v) is 3.95. The number of hydrogen-bond donors (Lipinski definition) is 1. The van der Waals surface area contributed by atoms with Crippen LogP contribution >= 0.6 is 0 Å². The zero-order chi connectivity index (χ0) is 20.1. The Morgan fingerprint density at radius 1 is 1.03 bits per heavy atom. The number of hydrogen-bond acceptors (Lipinski definition) is 4. The molecule has 1 aliphatic rings. The minimum absolute atomic E-state index is 0.0950. The number of para-hydroxylation sites is 3. The van der Waals surface area contributed by atoms with E-state index in [1.807, 2.05) is 35.2 Å². The molecule has 2 heterocycles. The Morgan fingerprint density at radius 2 is 1.76 bits per heavy atom. The molecule has 6 nitrogen and oxygen atoms in total. The van der Waals surface area contributed by atoms with E-state index in [0.717, 1.165) is 37.2 Å². The van der Waals surface area contributed by atoms with Crippen molar-refractivity contribution in [1.82, 2.24) is 19.8 Å². The van der Waals surface area contributed by atoms with Crippen molar-refractivity contribution in [2.24, 2.45) is 0 Å². The Kier molecular flexibility index (Phi) is 6.10. The molecule has 0 radical (unpaired) electrons. The first-order valence-electron chi connectivity index (χ1n) is 10.4. The van der Waals surface area contributed by atoms with Gasteiger partial charge in [0.2, 0.25) is 5.91 Å². The summed E-state index contributed by atoms with van der Waals surface area (Å²) in [5, 5.41) is 3.11. The second-order valence-corrected chi connectivity index (χ2v) is 7.69. The average Bonchev–Trinajstić information content (AvgIpc) is 3.20. The zero-order valence-electron chi connectivity index (χ0n) is 17.0. The monoisotopic (exact) mass is 391 g/mol. The maximum absolute atomic E-state index is 12.3. The van der Waals surface area contributed by atoms with Gasteiger partial charge >= 0.3 is 0 Å². The van der Waals surface area contributed by atoms with Gasteiger partial charge < -0.3 is 14.8 Å². The van der Waals surface area contributed by atoms with Gasteiger partial charge in [-0.1, -0.05) is 30.3 Å². The number of rotatable bonds is 7. The highest BCUT2D eigenvalue weighted by Gasteiger charge is 2.21. The van der Waals surface area contributed by atoms with Crippen LogP contribution in [-0.2, 0) is 11.3 Å². The van der Waals surface area contributed by atoms with E-state index >= 15 is 0 Å². The third kappa shape index (κ3) is 4.77. The molecule has 1 amide bonds. The molecule has 152 valence electrons. The highest BCUT2D eigenvalue weighted by Crippen LogP contribution is 2.16. The lowest BCUT2D eigenvalue weighted by molar-refractivity contribution is -0.121. The second kappa shape index (κ2) is 9.09. The summed E-state index contributed by atoms with van der Waals surface area (Å²) in [6.45, 7) is 7.62. The Balaban J connectivity index is 1.19. The number of benzene rings is 2. The molecule has 1 unspecified atom stereocenters. The van der Waals surface area contributed by atoms with Crippen LogP contribution in [0.2, 0.25) is 0 Å². The van der Waals surface area contributed by atoms with Gasteiger partial charge in [-0.25, -0.2) is 4.98 Å². The fourth-order valence-electron chi connectivity index (χ4n) is 3.95. The van der Waals surface area contributed by atoms with Crippen LogP contribution in [0, 0.1) is 0 Å². The summed E-state index contributed by atoms with van der Waals surface area (Å²) in [4.78, 5) is 21.6. The maximum Gasteiger partial charge on any atom is 0.221 e. The first-order valence-corrected chi connectivity index (χ1v) is 10.4. The summed E-state index contributed by atoms with van der Waals surface area (Å²) < 4.78 is 2.04. The maximum atomic E-state index is 12.3. The number of fused-ring (bicyclic) bond motifs is 1. The number of carbonyl (C=O) groups is 1. The first-order chi connectivity index (χ1) is 14.2. The highest BCUT2D eigenvalue weighted by atomic mass is 16.1. The molecule has 0 saturated carbocycles. The van der Waals surface area contributed by atoms with Gasteiger partial charge in [-0.3, -0.25) is 9.69 Å². The number of piperazine rings is 1. The molecule has 1 aliphatic heterocycles. The summed E-state index contributed by atoms with van der Waals surface area (Å²) in [7, 11) is 0. The van der Waals surface area contributed by atoms with Crippen LogP contribution in [0.15, 0.2) is 60.9 Å². The Morgan fingerprint density at radius 3 is 2.55 bits per heavy atom. The van der Waals surface area contributed by atoms with Crippen LogP contribution in [0.4, 0.5) is 5.69 Å². The van der Waals surface area contributed by atoms with E-state index < -0.39 is 0 Å². The highest BCUT2D eigenvalue weighted by molar-refractivity contribution is 5.77. The number of amides is 1. The van der Waals surface area contributed by atoms with Gasteiger partial charge in [0.15, 0.2) is 0 Å². The van der Waals surface area contributed by atoms with Gasteiger partial charge in [-0.2, -0.15) is 0 Å². The lowest BCUT2D eigenvalue weighted by Gasteiger charge is -2.39. The SMILES string of the molecule is CC(CNC(=O)CCn1cnc2ccccc21)N1CCN(c2ccccc2)CC1. The summed E-state index contributed by atoms with van der Waals surface area (Å²) in [5.74, 6) is 0.0950. The van der Waals surface area contributed by atoms with E-state index in [4.69, 9.17) is 0 Å². The number of aryl methyl sites for hydroxylation is 1. The molecule has 0 spiro atoms. The van der Waals surface area contributed by atoms with Crippen molar-refractivity contribution in [2.45, 2.75) is 25.9 Å². The molecule has 3 aromatic rings. The zero-order valence-corrected chi connectivity index (χ0v) is 17.0. The number of imidazole rings is 1. The smallest absolute Gasteiger partial charge is 0.221 e. The van der Waals surface area contributed by atoms with E-state index in [1.165, 1.54) is 5.69 Å². The molecule has 2 aromatic carbocycles. The fraction of sp³-hybridized carbons (Fsp3) is 0.391. The van der Waals surface area contributed by atoms with Crippen molar-refractivity contribution in [3.63, 3.8) is 0 Å². The van der Waals surface area contributed by atoms with Crippen LogP contribution in [0.3, 0.4) is 0 Å². The predicted molar refractivity (Wildman–Crippen MR) is 117 cm³/mol. The van der Waals surface area contributed by atoms with Crippen molar-refractivity contribution >= 4 is 22.6 Å². The number of anilines is 1. The van der Waals surface area contributed by atoms with Crippen LogP contribution in [0.25, 0.3) is 11.0 Å². The van der Waals surface area contributed by atoms with Crippen molar-refractivity contribution in [3.05, 3.63) is 60.9 Å². The van der Waals surface area contributed by atoms with Crippen molar-refractivity contribution in [2.75, 3.05) is 37.6 Å². The van der Waals surface area contributed by atoms with E-state index in [-0.39, 0.29) is 5.91 Å². The summed E-state index contributed by atoms with van der Waals surface area (Å²) in [6.07, 6.45) is 2.28. The largest absolute Gasteiger partial charge is 0.369 e. The predicted octanol–water partition coefficient (Wildman–Crippen LogP) is 2.75. The molecule has 1 fully saturated rings. The van der Waals surface area contributed by atoms with E-state index in [2.05, 4.69) is 57.4 Å². The average molecular weight is 392 g/mol. The molecule has 1 N–H and O–H groups in total. The lowest BCUT2D eigenvalue weighted by atomic mass is 10.2. The van der Waals surface area contributed by atoms with Gasteiger partial charge in [0, 0.05) is 57.4 Å². The van der Waals surface area contributed by atoms with Crippen LogP contribution < -0.4 is 10.2 Å². The Labute approximate surface area is 172 Å². The number of nitrogens with zero attached hydrogens (tertiary/aromatic N) is 4. The van der Waals surface area contributed by atoms with E-state index in [9.17, 15) is 4.79 Å². The Bertz CT molecular complexity index is 931. The molecular formula is C23H29N5O. The van der Waals surface area contributed by atoms with Gasteiger partial charge in [-0.15, -0.1) is 0 Å². The molecular weight excluding hydrogens is 362 g/mol. The topological polar surface area (TPSA) is 53.4 Å². The van der Waals surface area contributed by atoms with Crippen molar-refractivity contribution in [3.8, 4) is 0 Å². The Hall–Kier alpha value is -2.86. The van der Waals surface area contributed by atoms with Gasteiger partial charge in [0.1, 0.15) is 0 Å². The normalized spacial score (nSPS) is 16.1. The van der Waals surface area contributed by atoms with Gasteiger partial charge in [0.05, 0.1) is 17.4 Å². The molecule has 4 rings (SSSR count).